The van der Waals surface area contributed by atoms with Gasteiger partial charge in [0.15, 0.2) is 5.82 Å². The Bertz CT molecular complexity index is 748. The third-order valence-electron chi connectivity index (χ3n) is 3.70. The molecule has 0 saturated carbocycles. The summed E-state index contributed by atoms with van der Waals surface area (Å²) in [4.78, 5) is 20.5. The van der Waals surface area contributed by atoms with Crippen LogP contribution in [0.5, 0.6) is 5.88 Å². The number of nitriles is 1. The highest BCUT2D eigenvalue weighted by molar-refractivity contribution is 6.03. The number of nitrogens with one attached hydrogen (secondary N) is 2. The second-order valence-electron chi connectivity index (χ2n) is 5.45. The molecule has 1 fully saturated rings. The van der Waals surface area contributed by atoms with Crippen molar-refractivity contribution in [2.75, 3.05) is 18.4 Å². The molecule has 0 atom stereocenters. The van der Waals surface area contributed by atoms with Crippen LogP contribution >= 0.6 is 0 Å². The molecular formula is C17H17N5O2. The van der Waals surface area contributed by atoms with Gasteiger partial charge in [-0.05, 0) is 50.2 Å². The molecule has 1 aliphatic rings. The van der Waals surface area contributed by atoms with Crippen LogP contribution in [0, 0.1) is 11.3 Å². The van der Waals surface area contributed by atoms with Crippen molar-refractivity contribution >= 4 is 11.7 Å². The van der Waals surface area contributed by atoms with Crippen LogP contribution in [0.1, 0.15) is 28.8 Å². The number of nitrogens with zero attached hydrogens (tertiary/aromatic N) is 3. The third kappa shape index (κ3) is 4.06. The summed E-state index contributed by atoms with van der Waals surface area (Å²) in [6, 6.07) is 8.39. The van der Waals surface area contributed by atoms with Crippen molar-refractivity contribution in [1.29, 1.82) is 5.26 Å². The van der Waals surface area contributed by atoms with Crippen molar-refractivity contribution in [2.45, 2.75) is 18.9 Å². The van der Waals surface area contributed by atoms with Crippen molar-refractivity contribution in [2.24, 2.45) is 0 Å². The fraction of sp³-hybridized carbons (Fsp3) is 0.294. The van der Waals surface area contributed by atoms with Crippen molar-refractivity contribution in [3.63, 3.8) is 0 Å². The Morgan fingerprint density at radius 2 is 2.00 bits per heavy atom. The lowest BCUT2D eigenvalue weighted by Gasteiger charge is -2.23. The highest BCUT2D eigenvalue weighted by Gasteiger charge is 2.15. The predicted octanol–water partition coefficient (Wildman–Crippen LogP) is 1.73. The molecule has 2 aromatic rings. The van der Waals surface area contributed by atoms with Crippen LogP contribution in [-0.4, -0.2) is 35.1 Å². The summed E-state index contributed by atoms with van der Waals surface area (Å²) in [6.07, 6.45) is 4.97. The van der Waals surface area contributed by atoms with E-state index >= 15 is 0 Å². The average molecular weight is 323 g/mol. The summed E-state index contributed by atoms with van der Waals surface area (Å²) in [5.41, 5.74) is 0.948. The Labute approximate surface area is 139 Å². The molecule has 3 rings (SSSR count). The molecule has 1 saturated heterocycles. The van der Waals surface area contributed by atoms with E-state index in [1.54, 1.807) is 30.5 Å². The molecule has 1 aliphatic heterocycles. The summed E-state index contributed by atoms with van der Waals surface area (Å²) >= 11 is 0. The molecule has 1 aromatic heterocycles. The minimum Gasteiger partial charge on any atom is -0.473 e. The first-order chi connectivity index (χ1) is 11.7. The summed E-state index contributed by atoms with van der Waals surface area (Å²) in [7, 11) is 0. The maximum Gasteiger partial charge on any atom is 0.256 e. The van der Waals surface area contributed by atoms with Gasteiger partial charge in [-0.25, -0.2) is 0 Å². The van der Waals surface area contributed by atoms with Crippen LogP contribution in [0.25, 0.3) is 0 Å². The third-order valence-corrected chi connectivity index (χ3v) is 3.70. The Hall–Kier alpha value is -2.98. The molecule has 24 heavy (non-hydrogen) atoms. The number of hydrogen-bond donors (Lipinski definition) is 2. The Morgan fingerprint density at radius 3 is 2.71 bits per heavy atom. The fourth-order valence-electron chi connectivity index (χ4n) is 2.43. The zero-order valence-electron chi connectivity index (χ0n) is 13.0. The highest BCUT2D eigenvalue weighted by atomic mass is 16.5. The standard InChI is InChI=1S/C17H17N5O2/c18-9-12-1-3-13(4-2-12)17(23)22-15-10-20-11-16(21-15)24-14-5-7-19-8-6-14/h1-4,10-11,14,19H,5-8H2,(H,21,22,23). The number of rotatable bonds is 4. The number of amides is 1. The maximum atomic E-state index is 12.2. The molecule has 2 N–H and O–H groups in total. The van der Waals surface area contributed by atoms with Gasteiger partial charge in [-0.15, -0.1) is 0 Å². The molecule has 122 valence electrons. The summed E-state index contributed by atoms with van der Waals surface area (Å²) in [5, 5.41) is 14.7. The van der Waals surface area contributed by atoms with Gasteiger partial charge in [0.1, 0.15) is 6.10 Å². The van der Waals surface area contributed by atoms with Gasteiger partial charge in [0.05, 0.1) is 24.0 Å². The second kappa shape index (κ2) is 7.53. The molecule has 0 spiro atoms. The second-order valence-corrected chi connectivity index (χ2v) is 5.45. The topological polar surface area (TPSA) is 99.9 Å². The van der Waals surface area contributed by atoms with E-state index in [-0.39, 0.29) is 12.0 Å². The largest absolute Gasteiger partial charge is 0.473 e. The van der Waals surface area contributed by atoms with Crippen LogP contribution in [-0.2, 0) is 0 Å². The van der Waals surface area contributed by atoms with Crippen molar-refractivity contribution < 1.29 is 9.53 Å². The number of carbonyl (C=O) groups excluding carboxylic acids is 1. The number of anilines is 1. The fourth-order valence-corrected chi connectivity index (χ4v) is 2.43. The normalized spacial score (nSPS) is 14.6. The molecule has 1 aromatic carbocycles. The first kappa shape index (κ1) is 15.9. The van der Waals surface area contributed by atoms with E-state index in [4.69, 9.17) is 10.00 Å². The smallest absolute Gasteiger partial charge is 0.256 e. The molecule has 7 nitrogen and oxygen atoms in total. The van der Waals surface area contributed by atoms with Gasteiger partial charge in [0.2, 0.25) is 5.88 Å². The number of hydrogen-bond acceptors (Lipinski definition) is 6. The number of aromatic nitrogens is 2. The van der Waals surface area contributed by atoms with E-state index in [0.29, 0.717) is 22.8 Å². The molecule has 0 bridgehead atoms. The van der Waals surface area contributed by atoms with Crippen molar-refractivity contribution in [3.05, 3.63) is 47.8 Å². The van der Waals surface area contributed by atoms with Gasteiger partial charge < -0.3 is 15.4 Å². The molecule has 1 amide bonds. The molecule has 0 unspecified atom stereocenters. The lowest BCUT2D eigenvalue weighted by atomic mass is 10.1. The average Bonchev–Trinajstić information content (AvgIpc) is 2.63. The summed E-state index contributed by atoms with van der Waals surface area (Å²) in [6.45, 7) is 1.85. The quantitative estimate of drug-likeness (QED) is 0.889. The van der Waals surface area contributed by atoms with Crippen LogP contribution in [0.15, 0.2) is 36.7 Å². The molecule has 2 heterocycles. The summed E-state index contributed by atoms with van der Waals surface area (Å²) < 4.78 is 5.81. The lowest BCUT2D eigenvalue weighted by Crippen LogP contribution is -2.34. The zero-order valence-corrected chi connectivity index (χ0v) is 13.0. The SMILES string of the molecule is N#Cc1ccc(C(=O)Nc2cncc(OC3CCNCC3)n2)cc1. The molecular weight excluding hydrogens is 306 g/mol. The van der Waals surface area contributed by atoms with Crippen molar-refractivity contribution in [1.82, 2.24) is 15.3 Å². The van der Waals surface area contributed by atoms with Gasteiger partial charge >= 0.3 is 0 Å². The van der Waals surface area contributed by atoms with E-state index in [2.05, 4.69) is 20.6 Å². The number of benzene rings is 1. The van der Waals surface area contributed by atoms with Gasteiger partial charge in [-0.1, -0.05) is 0 Å². The Balaban J connectivity index is 1.64. The van der Waals surface area contributed by atoms with Crippen LogP contribution < -0.4 is 15.4 Å². The minimum absolute atomic E-state index is 0.116. The zero-order chi connectivity index (χ0) is 16.8. The van der Waals surface area contributed by atoms with Crippen LogP contribution in [0.2, 0.25) is 0 Å². The van der Waals surface area contributed by atoms with Crippen LogP contribution in [0.3, 0.4) is 0 Å². The molecule has 7 heteroatoms. The highest BCUT2D eigenvalue weighted by Crippen LogP contribution is 2.16. The number of ether oxygens (including phenoxy) is 1. The van der Waals surface area contributed by atoms with E-state index in [1.807, 2.05) is 6.07 Å². The number of piperidine rings is 1. The van der Waals surface area contributed by atoms with Gasteiger partial charge in [-0.3, -0.25) is 9.78 Å². The number of carbonyl (C=O) groups is 1. The van der Waals surface area contributed by atoms with E-state index in [0.717, 1.165) is 25.9 Å². The van der Waals surface area contributed by atoms with Gasteiger partial charge in [0, 0.05) is 5.56 Å². The first-order valence-electron chi connectivity index (χ1n) is 7.75. The van der Waals surface area contributed by atoms with Gasteiger partial charge in [0.25, 0.3) is 5.91 Å². The van der Waals surface area contributed by atoms with E-state index < -0.39 is 0 Å². The Kier molecular flexibility index (Phi) is 4.99. The maximum absolute atomic E-state index is 12.2. The van der Waals surface area contributed by atoms with E-state index in [1.165, 1.54) is 6.20 Å². The monoisotopic (exact) mass is 323 g/mol. The van der Waals surface area contributed by atoms with Crippen molar-refractivity contribution in [3.8, 4) is 11.9 Å². The summed E-state index contributed by atoms with van der Waals surface area (Å²) in [5.74, 6) is 0.420. The van der Waals surface area contributed by atoms with E-state index in [9.17, 15) is 4.79 Å². The lowest BCUT2D eigenvalue weighted by molar-refractivity contribution is 0.102. The van der Waals surface area contributed by atoms with Gasteiger partial charge in [-0.2, -0.15) is 10.2 Å². The Morgan fingerprint density at radius 1 is 1.25 bits per heavy atom. The molecule has 0 aliphatic carbocycles. The molecule has 0 radical (unpaired) electrons. The van der Waals surface area contributed by atoms with Crippen LogP contribution in [0.4, 0.5) is 5.82 Å². The minimum atomic E-state index is -0.312. The predicted molar refractivity (Wildman–Crippen MR) is 87.7 cm³/mol. The first-order valence-corrected chi connectivity index (χ1v) is 7.75.